The van der Waals surface area contributed by atoms with E-state index >= 15 is 0 Å². The summed E-state index contributed by atoms with van der Waals surface area (Å²) in [6.45, 7) is 2.16. The Balaban J connectivity index is 1.66. The lowest BCUT2D eigenvalue weighted by Gasteiger charge is -2.34. The number of fused-ring (bicyclic) bond motifs is 1. The van der Waals surface area contributed by atoms with Crippen LogP contribution in [-0.4, -0.2) is 47.6 Å². The van der Waals surface area contributed by atoms with Gasteiger partial charge in [0.15, 0.2) is 11.5 Å². The first kappa shape index (κ1) is 20.0. The molecule has 4 heterocycles. The van der Waals surface area contributed by atoms with Crippen molar-refractivity contribution >= 4 is 11.2 Å². The minimum absolute atomic E-state index is 0.00835. The van der Waals surface area contributed by atoms with Gasteiger partial charge in [0.2, 0.25) is 0 Å². The van der Waals surface area contributed by atoms with Crippen LogP contribution in [0.15, 0.2) is 49.3 Å². The summed E-state index contributed by atoms with van der Waals surface area (Å²) >= 11 is 0. The van der Waals surface area contributed by atoms with E-state index in [4.69, 9.17) is 0 Å². The Morgan fingerprint density at radius 3 is 2.57 bits per heavy atom. The van der Waals surface area contributed by atoms with E-state index in [1.54, 1.807) is 24.9 Å². The molecule has 0 fully saturated rings. The molecule has 0 aliphatic carbocycles. The van der Waals surface area contributed by atoms with Crippen LogP contribution in [0.4, 0.5) is 13.2 Å². The molecule has 156 valence electrons. The summed E-state index contributed by atoms with van der Waals surface area (Å²) < 4.78 is 42.4. The first-order valence-corrected chi connectivity index (χ1v) is 9.18. The number of rotatable bonds is 5. The molecule has 4 aromatic rings. The Labute approximate surface area is 169 Å². The molecule has 0 saturated carbocycles. The molecule has 0 aromatic carbocycles. The molecule has 4 aromatic heterocycles. The zero-order valence-corrected chi connectivity index (χ0v) is 16.2. The van der Waals surface area contributed by atoms with Gasteiger partial charge >= 0.3 is 6.18 Å². The molecule has 0 spiro atoms. The molecule has 1 unspecified atom stereocenters. The Hall–Kier alpha value is -3.27. The molecular formula is C20H19F3N6O. The van der Waals surface area contributed by atoms with Gasteiger partial charge in [-0.3, -0.25) is 0 Å². The van der Waals surface area contributed by atoms with Gasteiger partial charge in [-0.05, 0) is 17.7 Å². The maximum Gasteiger partial charge on any atom is 0.396 e. The number of nitrogens with zero attached hydrogens (tertiary/aromatic N) is 5. The van der Waals surface area contributed by atoms with E-state index in [0.29, 0.717) is 11.5 Å². The van der Waals surface area contributed by atoms with E-state index in [9.17, 15) is 18.3 Å². The minimum Gasteiger partial charge on any atom is -0.396 e. The number of halogens is 3. The van der Waals surface area contributed by atoms with Gasteiger partial charge in [-0.25, -0.2) is 19.6 Å². The zero-order valence-electron chi connectivity index (χ0n) is 16.2. The topological polar surface area (TPSA) is 92.5 Å². The largest absolute Gasteiger partial charge is 0.396 e. The van der Waals surface area contributed by atoms with Crippen LogP contribution in [0.25, 0.3) is 28.1 Å². The van der Waals surface area contributed by atoms with E-state index in [1.807, 2.05) is 6.07 Å². The molecule has 0 amide bonds. The van der Waals surface area contributed by atoms with Crippen molar-refractivity contribution < 1.29 is 18.3 Å². The van der Waals surface area contributed by atoms with Crippen molar-refractivity contribution in [2.24, 2.45) is 5.41 Å². The van der Waals surface area contributed by atoms with Gasteiger partial charge in [-0.2, -0.15) is 18.3 Å². The molecule has 0 bridgehead atoms. The van der Waals surface area contributed by atoms with Crippen molar-refractivity contribution in [1.82, 2.24) is 29.7 Å². The van der Waals surface area contributed by atoms with Crippen LogP contribution in [0.2, 0.25) is 0 Å². The molecule has 30 heavy (non-hydrogen) atoms. The molecule has 4 rings (SSSR count). The molecule has 0 saturated heterocycles. The van der Waals surface area contributed by atoms with Gasteiger partial charge in [0.05, 0.1) is 24.0 Å². The molecule has 0 radical (unpaired) electrons. The van der Waals surface area contributed by atoms with Crippen molar-refractivity contribution in [2.75, 3.05) is 6.61 Å². The van der Waals surface area contributed by atoms with Gasteiger partial charge < -0.3 is 10.1 Å². The molecule has 2 N–H and O–H groups in total. The second-order valence-corrected chi connectivity index (χ2v) is 7.70. The summed E-state index contributed by atoms with van der Waals surface area (Å²) in [6, 6.07) is 4.68. The highest BCUT2D eigenvalue weighted by Gasteiger charge is 2.49. The molecular weight excluding hydrogens is 397 g/mol. The molecule has 0 aliphatic rings. The number of aromatic amines is 1. The Morgan fingerprint density at radius 1 is 1.10 bits per heavy atom. The van der Waals surface area contributed by atoms with Crippen LogP contribution in [-0.2, 0) is 0 Å². The van der Waals surface area contributed by atoms with Crippen molar-refractivity contribution in [1.29, 1.82) is 0 Å². The van der Waals surface area contributed by atoms with Crippen LogP contribution in [0.3, 0.4) is 0 Å². The summed E-state index contributed by atoms with van der Waals surface area (Å²) in [6.07, 6.45) is 3.24. The number of nitrogens with one attached hydrogen (secondary N) is 1. The smallest absolute Gasteiger partial charge is 0.396 e. The predicted octanol–water partition coefficient (Wildman–Crippen LogP) is 3.87. The summed E-state index contributed by atoms with van der Waals surface area (Å²) in [5, 5.41) is 13.7. The van der Waals surface area contributed by atoms with E-state index in [0.717, 1.165) is 16.6 Å². The number of aliphatic hydroxyl groups excluding tert-OH is 1. The minimum atomic E-state index is -4.51. The highest BCUT2D eigenvalue weighted by molar-refractivity contribution is 5.88. The second kappa shape index (κ2) is 7.21. The number of aliphatic hydroxyl groups is 1. The monoisotopic (exact) mass is 416 g/mol. The summed E-state index contributed by atoms with van der Waals surface area (Å²) in [4.78, 5) is 15.5. The van der Waals surface area contributed by atoms with E-state index < -0.39 is 24.1 Å². The number of aromatic nitrogens is 6. The van der Waals surface area contributed by atoms with Gasteiger partial charge in [0.1, 0.15) is 0 Å². The predicted molar refractivity (Wildman–Crippen MR) is 104 cm³/mol. The fourth-order valence-electron chi connectivity index (χ4n) is 3.55. The van der Waals surface area contributed by atoms with Crippen LogP contribution >= 0.6 is 0 Å². The van der Waals surface area contributed by atoms with Crippen molar-refractivity contribution in [2.45, 2.75) is 25.9 Å². The normalized spacial score (nSPS) is 13.7. The number of pyridine rings is 2. The third-order valence-electron chi connectivity index (χ3n) is 5.08. The lowest BCUT2D eigenvalue weighted by molar-refractivity contribution is -0.178. The first-order valence-electron chi connectivity index (χ1n) is 9.18. The number of alkyl halides is 3. The second-order valence-electron chi connectivity index (χ2n) is 7.70. The Bertz CT molecular complexity index is 1160. The average Bonchev–Trinajstić information content (AvgIpc) is 3.37. The SMILES string of the molecule is CC(C)(CO)C(c1ccc(-n2cc(-c3ccnc4nc[nH]c34)cn2)nc1)C(F)(F)F. The number of hydrogen-bond donors (Lipinski definition) is 2. The number of hydrogen-bond acceptors (Lipinski definition) is 5. The summed E-state index contributed by atoms with van der Waals surface area (Å²) in [5.41, 5.74) is 1.59. The molecule has 0 aliphatic heterocycles. The van der Waals surface area contributed by atoms with Gasteiger partial charge in [-0.1, -0.05) is 19.9 Å². The van der Waals surface area contributed by atoms with Crippen LogP contribution < -0.4 is 0 Å². The zero-order chi connectivity index (χ0) is 21.5. The average molecular weight is 416 g/mol. The Morgan fingerprint density at radius 2 is 1.90 bits per heavy atom. The van der Waals surface area contributed by atoms with Crippen molar-refractivity contribution in [3.63, 3.8) is 0 Å². The van der Waals surface area contributed by atoms with Crippen LogP contribution in [0, 0.1) is 5.41 Å². The first-order chi connectivity index (χ1) is 14.2. The maximum absolute atomic E-state index is 13.6. The standard InChI is InChI=1S/C20H19F3N6O/c1-19(2,10-30)17(20(21,22)23)12-3-4-15(25-7-12)29-9-13(8-28-29)14-5-6-24-18-16(14)26-11-27-18/h3-9,11,17,30H,10H2,1-2H3,(H,24,26,27). The van der Waals surface area contributed by atoms with E-state index in [2.05, 4.69) is 25.0 Å². The lowest BCUT2D eigenvalue weighted by Crippen LogP contribution is -2.36. The fourth-order valence-corrected chi connectivity index (χ4v) is 3.55. The van der Waals surface area contributed by atoms with Crippen molar-refractivity contribution in [3.05, 3.63) is 54.9 Å². The number of H-pyrrole nitrogens is 1. The highest BCUT2D eigenvalue weighted by atomic mass is 19.4. The Kier molecular flexibility index (Phi) is 4.81. The quantitative estimate of drug-likeness (QED) is 0.515. The van der Waals surface area contributed by atoms with Gasteiger partial charge in [0, 0.05) is 41.7 Å². The molecule has 7 nitrogen and oxygen atoms in total. The fraction of sp³-hybridized carbons (Fsp3) is 0.300. The van der Waals surface area contributed by atoms with Gasteiger partial charge in [-0.15, -0.1) is 0 Å². The van der Waals surface area contributed by atoms with E-state index in [1.165, 1.54) is 36.9 Å². The highest BCUT2D eigenvalue weighted by Crippen LogP contribution is 2.46. The van der Waals surface area contributed by atoms with Crippen molar-refractivity contribution in [3.8, 4) is 16.9 Å². The third kappa shape index (κ3) is 3.54. The third-order valence-corrected chi connectivity index (χ3v) is 5.08. The van der Waals surface area contributed by atoms with Gasteiger partial charge in [0.25, 0.3) is 0 Å². The number of imidazole rings is 1. The molecule has 1 atom stereocenters. The maximum atomic E-state index is 13.6. The summed E-state index contributed by atoms with van der Waals surface area (Å²) in [5.74, 6) is -1.46. The lowest BCUT2D eigenvalue weighted by atomic mass is 9.75. The van der Waals surface area contributed by atoms with E-state index in [-0.39, 0.29) is 5.56 Å². The van der Waals surface area contributed by atoms with Crippen LogP contribution in [0.5, 0.6) is 0 Å². The molecule has 10 heteroatoms. The summed E-state index contributed by atoms with van der Waals surface area (Å²) in [7, 11) is 0. The van der Waals surface area contributed by atoms with Crippen LogP contribution in [0.1, 0.15) is 25.3 Å².